The predicted octanol–water partition coefficient (Wildman–Crippen LogP) is 1.17. The number of aryl methyl sites for hydroxylation is 2. The Balaban J connectivity index is 1.32. The van der Waals surface area contributed by atoms with Gasteiger partial charge in [0.05, 0.1) is 5.52 Å². The molecule has 0 atom stereocenters. The molecule has 2 amide bonds. The van der Waals surface area contributed by atoms with Crippen molar-refractivity contribution < 1.29 is 14.3 Å². The zero-order chi connectivity index (χ0) is 22.8. The van der Waals surface area contributed by atoms with Gasteiger partial charge in [-0.2, -0.15) is 0 Å². The highest BCUT2D eigenvalue weighted by atomic mass is 16.5. The van der Waals surface area contributed by atoms with Gasteiger partial charge >= 0.3 is 5.69 Å². The first-order valence-corrected chi connectivity index (χ1v) is 11.5. The largest absolute Gasteiger partial charge is 0.375 e. The van der Waals surface area contributed by atoms with Gasteiger partial charge in [0.2, 0.25) is 11.8 Å². The summed E-state index contributed by atoms with van der Waals surface area (Å²) in [6.07, 6.45) is 3.55. The van der Waals surface area contributed by atoms with E-state index >= 15 is 0 Å². The number of nitrogens with zero attached hydrogens (tertiary/aromatic N) is 5. The normalized spacial score (nSPS) is 21.8. The predicted molar refractivity (Wildman–Crippen MR) is 120 cm³/mol. The molecular formula is C23H33N5O4. The molecule has 2 aromatic heterocycles. The molecule has 0 radical (unpaired) electrons. The molecule has 1 aliphatic carbocycles. The van der Waals surface area contributed by atoms with Gasteiger partial charge in [-0.25, -0.2) is 9.78 Å². The van der Waals surface area contributed by atoms with Crippen LogP contribution in [0.3, 0.4) is 0 Å². The zero-order valence-corrected chi connectivity index (χ0v) is 19.2. The van der Waals surface area contributed by atoms with E-state index in [9.17, 15) is 14.4 Å². The molecule has 32 heavy (non-hydrogen) atoms. The van der Waals surface area contributed by atoms with Gasteiger partial charge in [0, 0.05) is 58.5 Å². The summed E-state index contributed by atoms with van der Waals surface area (Å²) in [5.41, 5.74) is 2.47. The summed E-state index contributed by atoms with van der Waals surface area (Å²) >= 11 is 0. The van der Waals surface area contributed by atoms with Gasteiger partial charge in [0.1, 0.15) is 6.61 Å². The summed E-state index contributed by atoms with van der Waals surface area (Å²) in [4.78, 5) is 46.0. The second-order valence-corrected chi connectivity index (χ2v) is 9.10. The highest BCUT2D eigenvalue weighted by Gasteiger charge is 2.32. The number of aromatic nitrogens is 3. The number of amides is 2. The fourth-order valence-electron chi connectivity index (χ4n) is 5.03. The summed E-state index contributed by atoms with van der Waals surface area (Å²) in [6.45, 7) is 4.99. The van der Waals surface area contributed by atoms with E-state index in [0.717, 1.165) is 42.5 Å². The average Bonchev–Trinajstić information content (AvgIpc) is 3.03. The van der Waals surface area contributed by atoms with Gasteiger partial charge in [0.25, 0.3) is 0 Å². The molecular weight excluding hydrogens is 410 g/mol. The number of hydrogen-bond donors (Lipinski definition) is 0. The molecule has 9 nitrogen and oxygen atoms in total. The van der Waals surface area contributed by atoms with Crippen molar-refractivity contribution in [1.82, 2.24) is 23.9 Å². The van der Waals surface area contributed by atoms with Crippen molar-refractivity contribution in [1.29, 1.82) is 0 Å². The molecule has 9 heteroatoms. The van der Waals surface area contributed by atoms with Gasteiger partial charge in [0.15, 0.2) is 5.65 Å². The van der Waals surface area contributed by atoms with Gasteiger partial charge in [-0.15, -0.1) is 0 Å². The number of carbonyl (C=O) groups is 2. The lowest BCUT2D eigenvalue weighted by Gasteiger charge is -2.38. The summed E-state index contributed by atoms with van der Waals surface area (Å²) in [6, 6.07) is 3.88. The Bertz CT molecular complexity index is 1040. The number of carbonyl (C=O) groups excluding carboxylic acids is 2. The molecule has 2 aromatic rings. The van der Waals surface area contributed by atoms with E-state index in [2.05, 4.69) is 4.98 Å². The Hall–Kier alpha value is -2.68. The fraction of sp³-hybridized carbons (Fsp3) is 0.652. The Morgan fingerprint density at radius 3 is 2.38 bits per heavy atom. The van der Waals surface area contributed by atoms with Crippen LogP contribution in [0, 0.1) is 18.8 Å². The SMILES string of the molecule is COCC(=O)N1CCN(C(=O)C2CCC(Cn3c(=O)n(C)c4ccc(C)nc43)CC2)CC1. The molecule has 1 aliphatic heterocycles. The Kier molecular flexibility index (Phi) is 6.64. The molecule has 1 saturated heterocycles. The quantitative estimate of drug-likeness (QED) is 0.692. The molecule has 4 rings (SSSR count). The molecule has 0 bridgehead atoms. The summed E-state index contributed by atoms with van der Waals surface area (Å²) in [5.74, 6) is 0.598. The number of rotatable bonds is 5. The minimum absolute atomic E-state index is 0.0199. The third-order valence-electron chi connectivity index (χ3n) is 6.98. The molecule has 174 valence electrons. The second kappa shape index (κ2) is 9.44. The van der Waals surface area contributed by atoms with Crippen LogP contribution in [-0.4, -0.2) is 75.6 Å². The number of imidazole rings is 1. The standard InChI is InChI=1S/C23H33N5O4/c1-16-4-9-19-21(24-16)28(23(31)25(19)2)14-17-5-7-18(8-6-17)22(30)27-12-10-26(11-13-27)20(29)15-32-3/h4,9,17-18H,5-8,10-15H2,1-3H3. The van der Waals surface area contributed by atoms with Crippen molar-refractivity contribution >= 4 is 23.0 Å². The lowest BCUT2D eigenvalue weighted by molar-refractivity contribution is -0.144. The third-order valence-corrected chi connectivity index (χ3v) is 6.98. The molecule has 2 fully saturated rings. The van der Waals surface area contributed by atoms with Crippen LogP contribution in [0.1, 0.15) is 31.4 Å². The summed E-state index contributed by atoms with van der Waals surface area (Å²) in [7, 11) is 3.30. The van der Waals surface area contributed by atoms with Crippen molar-refractivity contribution in [2.75, 3.05) is 39.9 Å². The molecule has 0 spiro atoms. The smallest absolute Gasteiger partial charge is 0.330 e. The van der Waals surface area contributed by atoms with Crippen LogP contribution in [0.25, 0.3) is 11.2 Å². The molecule has 2 aliphatic rings. The number of hydrogen-bond acceptors (Lipinski definition) is 5. The van der Waals surface area contributed by atoms with Crippen molar-refractivity contribution in [2.24, 2.45) is 18.9 Å². The molecule has 1 saturated carbocycles. The maximum atomic E-state index is 13.0. The van der Waals surface area contributed by atoms with Gasteiger partial charge in [-0.05, 0) is 50.7 Å². The second-order valence-electron chi connectivity index (χ2n) is 9.10. The summed E-state index contributed by atoms with van der Waals surface area (Å²) < 4.78 is 8.38. The number of pyridine rings is 1. The maximum absolute atomic E-state index is 13.0. The molecule has 3 heterocycles. The van der Waals surface area contributed by atoms with Crippen LogP contribution < -0.4 is 5.69 Å². The Morgan fingerprint density at radius 2 is 1.72 bits per heavy atom. The average molecular weight is 444 g/mol. The summed E-state index contributed by atoms with van der Waals surface area (Å²) in [5, 5.41) is 0. The van der Waals surface area contributed by atoms with Crippen LogP contribution in [0.5, 0.6) is 0 Å². The molecule has 0 aromatic carbocycles. The first-order chi connectivity index (χ1) is 15.4. The number of methoxy groups -OCH3 is 1. The fourth-order valence-corrected chi connectivity index (χ4v) is 5.03. The van der Waals surface area contributed by atoms with E-state index < -0.39 is 0 Å². The molecule has 0 unspecified atom stereocenters. The van der Waals surface area contributed by atoms with Crippen LogP contribution in [0.2, 0.25) is 0 Å². The Labute approximate surface area is 187 Å². The zero-order valence-electron chi connectivity index (χ0n) is 19.2. The van der Waals surface area contributed by atoms with Crippen LogP contribution in [0.15, 0.2) is 16.9 Å². The third kappa shape index (κ3) is 4.44. The number of ether oxygens (including phenoxy) is 1. The van der Waals surface area contributed by atoms with Crippen LogP contribution >= 0.6 is 0 Å². The van der Waals surface area contributed by atoms with E-state index in [-0.39, 0.29) is 30.0 Å². The van der Waals surface area contributed by atoms with Crippen molar-refractivity contribution in [3.8, 4) is 0 Å². The van der Waals surface area contributed by atoms with Crippen molar-refractivity contribution in [3.63, 3.8) is 0 Å². The van der Waals surface area contributed by atoms with E-state index in [4.69, 9.17) is 4.74 Å². The molecule has 0 N–H and O–H groups in total. The first kappa shape index (κ1) is 22.5. The Morgan fingerprint density at radius 1 is 1.06 bits per heavy atom. The van der Waals surface area contributed by atoms with E-state index in [1.807, 2.05) is 24.0 Å². The highest BCUT2D eigenvalue weighted by Crippen LogP contribution is 2.31. The maximum Gasteiger partial charge on any atom is 0.330 e. The first-order valence-electron chi connectivity index (χ1n) is 11.5. The highest BCUT2D eigenvalue weighted by molar-refractivity contribution is 5.80. The monoisotopic (exact) mass is 443 g/mol. The lowest BCUT2D eigenvalue weighted by atomic mass is 9.81. The van der Waals surface area contributed by atoms with E-state index in [0.29, 0.717) is 38.6 Å². The topological polar surface area (TPSA) is 89.7 Å². The van der Waals surface area contributed by atoms with Gasteiger partial charge in [-0.3, -0.25) is 18.7 Å². The van der Waals surface area contributed by atoms with E-state index in [1.54, 1.807) is 21.1 Å². The van der Waals surface area contributed by atoms with Crippen LogP contribution in [0.4, 0.5) is 0 Å². The lowest BCUT2D eigenvalue weighted by Crippen LogP contribution is -2.52. The number of piperazine rings is 1. The van der Waals surface area contributed by atoms with E-state index in [1.165, 1.54) is 7.11 Å². The van der Waals surface area contributed by atoms with Gasteiger partial charge in [-0.1, -0.05) is 0 Å². The number of fused-ring (bicyclic) bond motifs is 1. The van der Waals surface area contributed by atoms with Crippen molar-refractivity contribution in [2.45, 2.75) is 39.2 Å². The van der Waals surface area contributed by atoms with Crippen LogP contribution in [-0.2, 0) is 27.9 Å². The minimum atomic E-state index is -0.0304. The van der Waals surface area contributed by atoms with Gasteiger partial charge < -0.3 is 14.5 Å². The minimum Gasteiger partial charge on any atom is -0.375 e. The van der Waals surface area contributed by atoms with Crippen molar-refractivity contribution in [3.05, 3.63) is 28.3 Å².